The van der Waals surface area contributed by atoms with Gasteiger partial charge in [-0.05, 0) is 27.7 Å². The van der Waals surface area contributed by atoms with Gasteiger partial charge in [0.1, 0.15) is 0 Å². The maximum atomic E-state index is 11.4. The lowest BCUT2D eigenvalue weighted by atomic mass is 9.77. The van der Waals surface area contributed by atoms with Gasteiger partial charge in [0.25, 0.3) is 0 Å². The molecule has 0 bridgehead atoms. The fourth-order valence-electron chi connectivity index (χ4n) is 3.66. The molecule has 21 heavy (non-hydrogen) atoms. The van der Waals surface area contributed by atoms with E-state index in [0.29, 0.717) is 26.1 Å². The van der Waals surface area contributed by atoms with E-state index >= 15 is 0 Å². The molecule has 2 heterocycles. The number of ether oxygens (including phenoxy) is 2. The van der Waals surface area contributed by atoms with Gasteiger partial charge < -0.3 is 14.3 Å². The number of piperidine rings is 1. The highest BCUT2D eigenvalue weighted by Gasteiger charge is 2.57. The van der Waals surface area contributed by atoms with Gasteiger partial charge in [-0.25, -0.2) is 0 Å². The van der Waals surface area contributed by atoms with Crippen molar-refractivity contribution < 1.29 is 19.1 Å². The minimum Gasteiger partial charge on any atom is -0.367 e. The standard InChI is InChI=1S/C16H29NO4/c1-12(18)21-17-14(4,5)8-16(9-15(17,6)7)19-10-13(2,3)11-20-16/h8-11H2,1-7H3. The summed E-state index contributed by atoms with van der Waals surface area (Å²) in [6.07, 6.45) is 1.35. The third-order valence-corrected chi connectivity index (χ3v) is 4.18. The predicted octanol–water partition coefficient (Wildman–Crippen LogP) is 2.89. The first-order valence-electron chi connectivity index (χ1n) is 7.64. The van der Waals surface area contributed by atoms with Gasteiger partial charge in [-0.15, -0.1) is 5.06 Å². The van der Waals surface area contributed by atoms with Crippen molar-refractivity contribution in [2.45, 2.75) is 78.2 Å². The van der Waals surface area contributed by atoms with E-state index in [4.69, 9.17) is 14.3 Å². The number of rotatable bonds is 1. The largest absolute Gasteiger partial charge is 0.367 e. The zero-order valence-corrected chi connectivity index (χ0v) is 14.4. The molecule has 0 saturated carbocycles. The third-order valence-electron chi connectivity index (χ3n) is 4.18. The fourth-order valence-corrected chi connectivity index (χ4v) is 3.66. The summed E-state index contributed by atoms with van der Waals surface area (Å²) in [6, 6.07) is 0. The molecule has 5 nitrogen and oxygen atoms in total. The lowest BCUT2D eigenvalue weighted by Crippen LogP contribution is -2.68. The minimum absolute atomic E-state index is 0.0482. The van der Waals surface area contributed by atoms with E-state index in [1.807, 2.05) is 0 Å². The van der Waals surface area contributed by atoms with Gasteiger partial charge in [0.05, 0.1) is 24.3 Å². The average Bonchev–Trinajstić information content (AvgIpc) is 2.28. The predicted molar refractivity (Wildman–Crippen MR) is 79.4 cm³/mol. The summed E-state index contributed by atoms with van der Waals surface area (Å²) in [6.45, 7) is 15.3. The van der Waals surface area contributed by atoms with Crippen LogP contribution in [0.5, 0.6) is 0 Å². The number of hydrogen-bond donors (Lipinski definition) is 0. The van der Waals surface area contributed by atoms with Crippen molar-refractivity contribution in [1.29, 1.82) is 0 Å². The van der Waals surface area contributed by atoms with E-state index in [1.165, 1.54) is 6.92 Å². The molecule has 0 amide bonds. The molecule has 0 radical (unpaired) electrons. The molecule has 0 aromatic carbocycles. The van der Waals surface area contributed by atoms with Gasteiger partial charge >= 0.3 is 5.97 Å². The van der Waals surface area contributed by atoms with Crippen molar-refractivity contribution in [3.8, 4) is 0 Å². The molecule has 2 rings (SSSR count). The van der Waals surface area contributed by atoms with Gasteiger partial charge in [0.2, 0.25) is 0 Å². The van der Waals surface area contributed by atoms with Crippen LogP contribution in [0, 0.1) is 5.41 Å². The lowest BCUT2D eigenvalue weighted by molar-refractivity contribution is -0.371. The van der Waals surface area contributed by atoms with Crippen molar-refractivity contribution in [2.75, 3.05) is 13.2 Å². The normalized spacial score (nSPS) is 30.0. The van der Waals surface area contributed by atoms with E-state index in [1.54, 1.807) is 5.06 Å². The molecule has 0 aromatic heterocycles. The quantitative estimate of drug-likeness (QED) is 0.745. The second kappa shape index (κ2) is 4.93. The highest BCUT2D eigenvalue weighted by Crippen LogP contribution is 2.48. The van der Waals surface area contributed by atoms with Gasteiger partial charge in [0, 0.05) is 25.2 Å². The highest BCUT2D eigenvalue weighted by molar-refractivity contribution is 5.65. The Morgan fingerprint density at radius 1 is 0.952 bits per heavy atom. The van der Waals surface area contributed by atoms with Gasteiger partial charge in [0.15, 0.2) is 5.79 Å². The van der Waals surface area contributed by atoms with Gasteiger partial charge in [-0.1, -0.05) is 13.8 Å². The first kappa shape index (κ1) is 16.7. The summed E-state index contributed by atoms with van der Waals surface area (Å²) in [5.74, 6) is -0.877. The Bertz CT molecular complexity index is 398. The van der Waals surface area contributed by atoms with Crippen LogP contribution in [0.1, 0.15) is 61.3 Å². The highest BCUT2D eigenvalue weighted by atomic mass is 16.7. The van der Waals surface area contributed by atoms with Crippen LogP contribution >= 0.6 is 0 Å². The average molecular weight is 299 g/mol. The molecule has 0 N–H and O–H groups in total. The Morgan fingerprint density at radius 2 is 1.38 bits per heavy atom. The van der Waals surface area contributed by atoms with E-state index < -0.39 is 5.79 Å². The van der Waals surface area contributed by atoms with Crippen LogP contribution in [-0.2, 0) is 19.1 Å². The monoisotopic (exact) mass is 299 g/mol. The Kier molecular flexibility index (Phi) is 3.93. The fraction of sp³-hybridized carbons (Fsp3) is 0.938. The summed E-state index contributed by atoms with van der Waals surface area (Å²) in [5.41, 5.74) is -0.656. The first-order chi connectivity index (χ1) is 9.38. The lowest BCUT2D eigenvalue weighted by Gasteiger charge is -2.58. The number of carbonyl (C=O) groups is 1. The summed E-state index contributed by atoms with van der Waals surface area (Å²) in [4.78, 5) is 16.9. The van der Waals surface area contributed by atoms with Crippen LogP contribution in [0.25, 0.3) is 0 Å². The molecule has 5 heteroatoms. The SMILES string of the molecule is CC(=O)ON1C(C)(C)CC2(CC1(C)C)OCC(C)(C)CO2. The Morgan fingerprint density at radius 3 is 1.76 bits per heavy atom. The summed E-state index contributed by atoms with van der Waals surface area (Å²) in [5, 5.41) is 1.81. The van der Waals surface area contributed by atoms with Crippen LogP contribution in [0.4, 0.5) is 0 Å². The van der Waals surface area contributed by atoms with Crippen LogP contribution in [0.15, 0.2) is 0 Å². The maximum absolute atomic E-state index is 11.4. The number of carbonyl (C=O) groups excluding carboxylic acids is 1. The summed E-state index contributed by atoms with van der Waals surface area (Å²) in [7, 11) is 0. The second-order valence-corrected chi connectivity index (χ2v) is 8.51. The van der Waals surface area contributed by atoms with Crippen LogP contribution < -0.4 is 0 Å². The molecule has 0 atom stereocenters. The van der Waals surface area contributed by atoms with Crippen LogP contribution in [-0.4, -0.2) is 41.1 Å². The van der Waals surface area contributed by atoms with Crippen LogP contribution in [0.2, 0.25) is 0 Å². The van der Waals surface area contributed by atoms with Crippen molar-refractivity contribution in [3.63, 3.8) is 0 Å². The van der Waals surface area contributed by atoms with Gasteiger partial charge in [-0.2, -0.15) is 0 Å². The van der Waals surface area contributed by atoms with Crippen molar-refractivity contribution in [3.05, 3.63) is 0 Å². The Balaban J connectivity index is 2.23. The van der Waals surface area contributed by atoms with Crippen molar-refractivity contribution >= 4 is 5.97 Å². The smallest absolute Gasteiger partial charge is 0.322 e. The molecule has 0 unspecified atom stereocenters. The molecule has 2 fully saturated rings. The molecule has 122 valence electrons. The molecular weight excluding hydrogens is 270 g/mol. The number of hydrogen-bond acceptors (Lipinski definition) is 5. The Hall–Kier alpha value is -0.650. The summed E-state index contributed by atoms with van der Waals surface area (Å²) < 4.78 is 12.3. The molecule has 2 saturated heterocycles. The van der Waals surface area contributed by atoms with Gasteiger partial charge in [-0.3, -0.25) is 4.79 Å². The zero-order chi connectivity index (χ0) is 16.1. The molecule has 2 aliphatic heterocycles. The zero-order valence-electron chi connectivity index (χ0n) is 14.4. The molecule has 2 aliphatic rings. The third kappa shape index (κ3) is 3.41. The summed E-state index contributed by atoms with van der Waals surface area (Å²) >= 11 is 0. The van der Waals surface area contributed by atoms with E-state index in [2.05, 4.69) is 41.5 Å². The van der Waals surface area contributed by atoms with Crippen molar-refractivity contribution in [2.24, 2.45) is 5.41 Å². The van der Waals surface area contributed by atoms with E-state index in [9.17, 15) is 4.79 Å². The molecular formula is C16H29NO4. The minimum atomic E-state index is -0.584. The first-order valence-corrected chi connectivity index (χ1v) is 7.64. The van der Waals surface area contributed by atoms with E-state index in [-0.39, 0.29) is 22.5 Å². The number of nitrogens with zero attached hydrogens (tertiary/aromatic N) is 1. The molecule has 0 aromatic rings. The van der Waals surface area contributed by atoms with Crippen molar-refractivity contribution in [1.82, 2.24) is 5.06 Å². The molecule has 0 aliphatic carbocycles. The van der Waals surface area contributed by atoms with Crippen LogP contribution in [0.3, 0.4) is 0 Å². The number of hydroxylamine groups is 2. The topological polar surface area (TPSA) is 48.0 Å². The second-order valence-electron chi connectivity index (χ2n) is 8.51. The molecule has 1 spiro atoms. The maximum Gasteiger partial charge on any atom is 0.322 e. The van der Waals surface area contributed by atoms with E-state index in [0.717, 1.165) is 0 Å². The Labute approximate surface area is 127 Å².